The van der Waals surface area contributed by atoms with E-state index >= 15 is 0 Å². The molecule has 0 spiro atoms. The zero-order chi connectivity index (χ0) is 16.8. The van der Waals surface area contributed by atoms with Gasteiger partial charge in [-0.2, -0.15) is 5.10 Å². The number of carboxylic acids is 1. The van der Waals surface area contributed by atoms with Gasteiger partial charge in [-0.15, -0.1) is 0 Å². The summed E-state index contributed by atoms with van der Waals surface area (Å²) in [5, 5.41) is 25.3. The summed E-state index contributed by atoms with van der Waals surface area (Å²) in [5.41, 5.74) is 2.27. The van der Waals surface area contributed by atoms with Gasteiger partial charge >= 0.3 is 5.97 Å². The van der Waals surface area contributed by atoms with Crippen LogP contribution in [0.1, 0.15) is 10.5 Å². The van der Waals surface area contributed by atoms with Crippen LogP contribution in [0.3, 0.4) is 0 Å². The number of nitrogens with zero attached hydrogens (tertiary/aromatic N) is 2. The van der Waals surface area contributed by atoms with Crippen LogP contribution in [-0.2, 0) is 0 Å². The molecule has 6 heteroatoms. The van der Waals surface area contributed by atoms with Crippen molar-refractivity contribution < 1.29 is 15.0 Å². The highest BCUT2D eigenvalue weighted by atomic mass is 35.5. The number of aromatic carboxylic acids is 1. The van der Waals surface area contributed by atoms with Gasteiger partial charge in [0.1, 0.15) is 11.3 Å². The fourth-order valence-electron chi connectivity index (χ4n) is 2.88. The molecule has 2 aromatic heterocycles. The molecule has 5 nitrogen and oxygen atoms in total. The molecule has 0 aliphatic heterocycles. The van der Waals surface area contributed by atoms with Gasteiger partial charge in [-0.1, -0.05) is 41.9 Å². The molecule has 0 bridgehead atoms. The van der Waals surface area contributed by atoms with E-state index in [2.05, 4.69) is 5.10 Å². The van der Waals surface area contributed by atoms with E-state index in [1.54, 1.807) is 18.2 Å². The number of benzene rings is 2. The molecule has 0 radical (unpaired) electrons. The van der Waals surface area contributed by atoms with Crippen molar-refractivity contribution >= 4 is 34.0 Å². The predicted molar refractivity (Wildman–Crippen MR) is 91.8 cm³/mol. The smallest absolute Gasteiger partial charge is 0.356 e. The van der Waals surface area contributed by atoms with E-state index in [0.717, 1.165) is 5.56 Å². The van der Waals surface area contributed by atoms with Gasteiger partial charge in [-0.3, -0.25) is 0 Å². The number of carboxylic acid groups (broad SMARTS) is 1. The number of hydrogen-bond acceptors (Lipinski definition) is 3. The Balaban J connectivity index is 2.22. The van der Waals surface area contributed by atoms with Crippen molar-refractivity contribution in [3.8, 4) is 16.9 Å². The molecule has 0 unspecified atom stereocenters. The van der Waals surface area contributed by atoms with E-state index in [9.17, 15) is 15.0 Å². The first kappa shape index (κ1) is 14.5. The van der Waals surface area contributed by atoms with Crippen molar-refractivity contribution in [2.24, 2.45) is 0 Å². The van der Waals surface area contributed by atoms with Gasteiger partial charge in [0.25, 0.3) is 0 Å². The number of rotatable bonds is 2. The summed E-state index contributed by atoms with van der Waals surface area (Å²) in [6.07, 6.45) is 0. The Hall–Kier alpha value is -3.05. The maximum absolute atomic E-state index is 11.2. The molecule has 0 aliphatic rings. The monoisotopic (exact) mass is 338 g/mol. The van der Waals surface area contributed by atoms with Crippen LogP contribution in [0.2, 0.25) is 5.02 Å². The van der Waals surface area contributed by atoms with E-state index < -0.39 is 5.97 Å². The van der Waals surface area contributed by atoms with Crippen LogP contribution in [-0.4, -0.2) is 25.8 Å². The van der Waals surface area contributed by atoms with Crippen molar-refractivity contribution in [1.82, 2.24) is 9.61 Å². The highest BCUT2D eigenvalue weighted by Crippen LogP contribution is 2.40. The van der Waals surface area contributed by atoms with Crippen LogP contribution in [0, 0.1) is 0 Å². The number of hydrogen-bond donors (Lipinski definition) is 2. The second kappa shape index (κ2) is 5.25. The fourth-order valence-corrected chi connectivity index (χ4v) is 3.06. The Kier molecular flexibility index (Phi) is 3.18. The largest absolute Gasteiger partial charge is 0.505 e. The second-order valence-electron chi connectivity index (χ2n) is 5.38. The average molecular weight is 339 g/mol. The number of halogens is 1. The Labute approximate surface area is 141 Å². The fraction of sp³-hybridized carbons (Fsp3) is 0. The van der Waals surface area contributed by atoms with Crippen LogP contribution in [0.15, 0.2) is 54.6 Å². The minimum absolute atomic E-state index is 0.0315. The third-order valence-electron chi connectivity index (χ3n) is 3.93. The highest BCUT2D eigenvalue weighted by Gasteiger charge is 2.19. The quantitative estimate of drug-likeness (QED) is 0.574. The molecule has 4 rings (SSSR count). The van der Waals surface area contributed by atoms with Crippen LogP contribution in [0.4, 0.5) is 0 Å². The van der Waals surface area contributed by atoms with Crippen molar-refractivity contribution in [2.75, 3.05) is 0 Å². The molecule has 2 aromatic carbocycles. The van der Waals surface area contributed by atoms with Gasteiger partial charge in [0, 0.05) is 22.0 Å². The number of carbonyl (C=O) groups is 1. The Bertz CT molecular complexity index is 1100. The summed E-state index contributed by atoms with van der Waals surface area (Å²) < 4.78 is 1.43. The van der Waals surface area contributed by atoms with Gasteiger partial charge in [-0.05, 0) is 23.8 Å². The van der Waals surface area contributed by atoms with Crippen LogP contribution in [0.25, 0.3) is 27.5 Å². The van der Waals surface area contributed by atoms with Crippen molar-refractivity contribution in [2.45, 2.75) is 0 Å². The molecule has 2 N–H and O–H groups in total. The van der Waals surface area contributed by atoms with Gasteiger partial charge < -0.3 is 10.2 Å². The lowest BCUT2D eigenvalue weighted by molar-refractivity contribution is 0.0690. The number of aromatic hydroxyl groups is 1. The Morgan fingerprint density at radius 2 is 1.79 bits per heavy atom. The van der Waals surface area contributed by atoms with Crippen molar-refractivity contribution in [3.05, 3.63) is 65.3 Å². The minimum atomic E-state index is -1.15. The van der Waals surface area contributed by atoms with E-state index in [4.69, 9.17) is 11.6 Å². The topological polar surface area (TPSA) is 74.8 Å². The molecule has 118 valence electrons. The number of pyridine rings is 1. The third-order valence-corrected chi connectivity index (χ3v) is 4.16. The summed E-state index contributed by atoms with van der Waals surface area (Å²) in [4.78, 5) is 11.2. The first-order valence-corrected chi connectivity index (χ1v) is 7.57. The molecular weight excluding hydrogens is 328 g/mol. The predicted octanol–water partition coefficient (Wildman–Crippen LogP) is 4.21. The minimum Gasteiger partial charge on any atom is -0.505 e. The Morgan fingerprint density at radius 3 is 2.50 bits per heavy atom. The second-order valence-corrected chi connectivity index (χ2v) is 5.82. The van der Waals surface area contributed by atoms with Crippen molar-refractivity contribution in [1.29, 1.82) is 0 Å². The number of fused-ring (bicyclic) bond motifs is 3. The molecule has 0 aliphatic carbocycles. The van der Waals surface area contributed by atoms with Crippen molar-refractivity contribution in [3.63, 3.8) is 0 Å². The molecule has 24 heavy (non-hydrogen) atoms. The molecule has 0 atom stereocenters. The standard InChI is InChI=1S/C18H11ClN2O3/c19-11-6-7-14-12(8-11)16(10-4-2-1-3-5-10)17(22)15-9-13(18(23)24)20-21(14)15/h1-9,22H,(H,23,24). The van der Waals surface area contributed by atoms with Gasteiger partial charge in [0.05, 0.1) is 5.52 Å². The van der Waals surface area contributed by atoms with Crippen LogP contribution >= 0.6 is 11.6 Å². The molecular formula is C18H11ClN2O3. The summed E-state index contributed by atoms with van der Waals surface area (Å²) in [6, 6.07) is 15.9. The first-order valence-electron chi connectivity index (χ1n) is 7.19. The maximum atomic E-state index is 11.2. The van der Waals surface area contributed by atoms with E-state index in [1.807, 2.05) is 30.3 Å². The van der Waals surface area contributed by atoms with E-state index in [1.165, 1.54) is 10.6 Å². The first-order chi connectivity index (χ1) is 11.6. The zero-order valence-electron chi connectivity index (χ0n) is 12.3. The lowest BCUT2D eigenvalue weighted by Crippen LogP contribution is -1.98. The summed E-state index contributed by atoms with van der Waals surface area (Å²) in [6.45, 7) is 0. The third kappa shape index (κ3) is 2.10. The van der Waals surface area contributed by atoms with Gasteiger partial charge in [0.2, 0.25) is 0 Å². The van der Waals surface area contributed by atoms with Crippen LogP contribution < -0.4 is 0 Å². The molecule has 0 fully saturated rings. The average Bonchev–Trinajstić information content (AvgIpc) is 3.02. The van der Waals surface area contributed by atoms with E-state index in [0.29, 0.717) is 27.0 Å². The lowest BCUT2D eigenvalue weighted by atomic mass is 9.99. The normalized spacial score (nSPS) is 11.2. The number of aromatic nitrogens is 2. The Morgan fingerprint density at radius 1 is 1.04 bits per heavy atom. The summed E-state index contributed by atoms with van der Waals surface area (Å²) in [7, 11) is 0. The summed E-state index contributed by atoms with van der Waals surface area (Å²) >= 11 is 6.13. The van der Waals surface area contributed by atoms with E-state index in [-0.39, 0.29) is 11.4 Å². The molecule has 0 saturated heterocycles. The van der Waals surface area contributed by atoms with Gasteiger partial charge in [0.15, 0.2) is 5.69 Å². The molecule has 0 amide bonds. The lowest BCUT2D eigenvalue weighted by Gasteiger charge is -2.12. The summed E-state index contributed by atoms with van der Waals surface area (Å²) in [5.74, 6) is -1.18. The maximum Gasteiger partial charge on any atom is 0.356 e. The zero-order valence-corrected chi connectivity index (χ0v) is 13.0. The van der Waals surface area contributed by atoms with Gasteiger partial charge in [-0.25, -0.2) is 9.31 Å². The highest BCUT2D eigenvalue weighted by molar-refractivity contribution is 6.31. The molecule has 4 aromatic rings. The molecule has 0 saturated carbocycles. The van der Waals surface area contributed by atoms with Crippen LogP contribution in [0.5, 0.6) is 5.75 Å². The molecule has 2 heterocycles. The SMILES string of the molecule is O=C(O)c1cc2c(O)c(-c3ccccc3)c3cc(Cl)ccc3n2n1.